The van der Waals surface area contributed by atoms with Crippen molar-refractivity contribution in [2.75, 3.05) is 13.3 Å². The molecule has 2 rings (SSSR count). The van der Waals surface area contributed by atoms with Gasteiger partial charge in [-0.3, -0.25) is 4.21 Å². The van der Waals surface area contributed by atoms with Crippen molar-refractivity contribution in [2.45, 2.75) is 30.9 Å². The lowest BCUT2D eigenvalue weighted by Gasteiger charge is -2.22. The maximum absolute atomic E-state index is 11.5. The number of rotatable bonds is 3. The molecule has 102 valence electrons. The Morgan fingerprint density at radius 2 is 2.05 bits per heavy atom. The third-order valence-corrected chi connectivity index (χ3v) is 4.86. The highest BCUT2D eigenvalue weighted by Crippen LogP contribution is 2.32. The van der Waals surface area contributed by atoms with Gasteiger partial charge in [0.15, 0.2) is 0 Å². The lowest BCUT2D eigenvalue weighted by molar-refractivity contribution is 0.636. The summed E-state index contributed by atoms with van der Waals surface area (Å²) in [5, 5.41) is 8.23. The Hall–Kier alpha value is -1.29. The fraction of sp³-hybridized carbons (Fsp3) is 0.467. The Balaban J connectivity index is 2.22. The molecule has 0 bridgehead atoms. The van der Waals surface area contributed by atoms with Crippen molar-refractivity contribution >= 4 is 16.5 Å². The molecule has 3 unspecified atom stereocenters. The van der Waals surface area contributed by atoms with Crippen LogP contribution in [0.1, 0.15) is 29.9 Å². The minimum Gasteiger partial charge on any atom is -0.259 e. The van der Waals surface area contributed by atoms with Gasteiger partial charge in [-0.05, 0) is 37.0 Å². The van der Waals surface area contributed by atoms with Crippen LogP contribution < -0.4 is 0 Å². The molecule has 0 saturated carbocycles. The zero-order valence-electron chi connectivity index (χ0n) is 11.7. The first kappa shape index (κ1) is 14.1. The Morgan fingerprint density at radius 1 is 1.26 bits per heavy atom. The van der Waals surface area contributed by atoms with Crippen molar-refractivity contribution in [3.05, 3.63) is 41.5 Å². The highest BCUT2D eigenvalue weighted by molar-refractivity contribution is 7.85. The summed E-state index contributed by atoms with van der Waals surface area (Å²) in [6, 6.07) is 6.36. The Bertz CT molecular complexity index is 537. The molecule has 4 heteroatoms. The fourth-order valence-corrected chi connectivity index (χ4v) is 3.20. The van der Waals surface area contributed by atoms with Crippen LogP contribution in [0.2, 0.25) is 0 Å². The van der Waals surface area contributed by atoms with E-state index in [0.29, 0.717) is 5.92 Å². The van der Waals surface area contributed by atoms with Gasteiger partial charge in [-0.25, -0.2) is 0 Å². The topological polar surface area (TPSA) is 41.8 Å². The molecule has 1 aliphatic carbocycles. The lowest BCUT2D eigenvalue weighted by Crippen LogP contribution is -2.16. The normalized spacial score (nSPS) is 24.8. The second-order valence-electron chi connectivity index (χ2n) is 4.95. The summed E-state index contributed by atoms with van der Waals surface area (Å²) >= 11 is 0. The van der Waals surface area contributed by atoms with Crippen LogP contribution in [0.4, 0.5) is 5.69 Å². The van der Waals surface area contributed by atoms with Gasteiger partial charge in [0, 0.05) is 30.0 Å². The van der Waals surface area contributed by atoms with Crippen LogP contribution in [0, 0.1) is 6.92 Å². The summed E-state index contributed by atoms with van der Waals surface area (Å²) in [6.45, 7) is 2.04. The Labute approximate surface area is 117 Å². The first-order valence-corrected chi connectivity index (χ1v) is 8.15. The molecule has 0 fully saturated rings. The number of nitrogens with zero attached hydrogens (tertiary/aromatic N) is 2. The molecular weight excluding hydrogens is 256 g/mol. The zero-order chi connectivity index (χ0) is 13.8. The van der Waals surface area contributed by atoms with Gasteiger partial charge in [-0.15, -0.1) is 0 Å². The second kappa shape index (κ2) is 6.24. The molecule has 1 aliphatic rings. The van der Waals surface area contributed by atoms with E-state index >= 15 is 0 Å². The summed E-state index contributed by atoms with van der Waals surface area (Å²) in [4.78, 5) is 0. The summed E-state index contributed by atoms with van der Waals surface area (Å²) in [5.41, 5.74) is 3.35. The highest BCUT2D eigenvalue weighted by atomic mass is 32.2. The van der Waals surface area contributed by atoms with Crippen molar-refractivity contribution in [3.63, 3.8) is 0 Å². The molecule has 0 aromatic heterocycles. The van der Waals surface area contributed by atoms with Crippen LogP contribution in [0.3, 0.4) is 0 Å². The van der Waals surface area contributed by atoms with Crippen LogP contribution in [0.5, 0.6) is 0 Å². The van der Waals surface area contributed by atoms with Crippen molar-refractivity contribution in [2.24, 2.45) is 10.2 Å². The standard InChI is InChI=1S/C15H20N2OS/c1-11-4-5-13(10-15(11)17-16-2)12-6-8-14(9-7-12)19(3)18/h4-6,8,10,12,14H,7,9H2,1-3H3. The van der Waals surface area contributed by atoms with Crippen LogP contribution in [-0.4, -0.2) is 22.8 Å². The third kappa shape index (κ3) is 3.38. The molecule has 19 heavy (non-hydrogen) atoms. The molecular formula is C15H20N2OS. The molecule has 1 aromatic rings. The zero-order valence-corrected chi connectivity index (χ0v) is 12.5. The van der Waals surface area contributed by atoms with Crippen molar-refractivity contribution in [1.82, 2.24) is 0 Å². The van der Waals surface area contributed by atoms with Gasteiger partial charge in [-0.2, -0.15) is 10.2 Å². The minimum atomic E-state index is -0.755. The van der Waals surface area contributed by atoms with Crippen molar-refractivity contribution in [3.8, 4) is 0 Å². The maximum atomic E-state index is 11.5. The molecule has 0 amide bonds. The van der Waals surface area contributed by atoms with Crippen LogP contribution in [0.15, 0.2) is 40.6 Å². The average molecular weight is 276 g/mol. The van der Waals surface area contributed by atoms with E-state index in [2.05, 4.69) is 40.6 Å². The summed E-state index contributed by atoms with van der Waals surface area (Å²) in [7, 11) is 0.934. The number of hydrogen-bond acceptors (Lipinski definition) is 3. The molecule has 1 aromatic carbocycles. The van der Waals surface area contributed by atoms with E-state index in [9.17, 15) is 4.21 Å². The van der Waals surface area contributed by atoms with Gasteiger partial charge in [0.25, 0.3) is 0 Å². The fourth-order valence-electron chi connectivity index (χ4n) is 2.42. The van der Waals surface area contributed by atoms with Gasteiger partial charge in [0.2, 0.25) is 0 Å². The first-order valence-electron chi connectivity index (χ1n) is 6.52. The summed E-state index contributed by atoms with van der Waals surface area (Å²) in [5.74, 6) is 0.409. The minimum absolute atomic E-state index is 0.219. The highest BCUT2D eigenvalue weighted by Gasteiger charge is 2.19. The van der Waals surface area contributed by atoms with Gasteiger partial charge in [0.05, 0.1) is 10.9 Å². The molecule has 3 nitrogen and oxygen atoms in total. The maximum Gasteiger partial charge on any atom is 0.0884 e. The number of hydrogen-bond donors (Lipinski definition) is 0. The van der Waals surface area contributed by atoms with Crippen LogP contribution >= 0.6 is 0 Å². The average Bonchev–Trinajstić information content (AvgIpc) is 2.41. The Kier molecular flexibility index (Phi) is 4.64. The summed E-state index contributed by atoms with van der Waals surface area (Å²) < 4.78 is 11.5. The van der Waals surface area contributed by atoms with Crippen molar-refractivity contribution < 1.29 is 4.21 Å². The smallest absolute Gasteiger partial charge is 0.0884 e. The molecule has 0 radical (unpaired) electrons. The number of benzene rings is 1. The molecule has 0 saturated heterocycles. The van der Waals surface area contributed by atoms with E-state index in [1.54, 1.807) is 13.3 Å². The van der Waals surface area contributed by atoms with E-state index in [-0.39, 0.29) is 5.25 Å². The number of aryl methyl sites for hydroxylation is 1. The van der Waals surface area contributed by atoms with Crippen LogP contribution in [-0.2, 0) is 10.8 Å². The van der Waals surface area contributed by atoms with Gasteiger partial charge < -0.3 is 0 Å². The van der Waals surface area contributed by atoms with E-state index in [1.807, 2.05) is 6.92 Å². The largest absolute Gasteiger partial charge is 0.259 e. The predicted octanol–water partition coefficient (Wildman–Crippen LogP) is 3.89. The SMILES string of the molecule is CN=Nc1cc(C2C=CC(S(C)=O)CC2)ccc1C. The predicted molar refractivity (Wildman–Crippen MR) is 80.6 cm³/mol. The van der Waals surface area contributed by atoms with Gasteiger partial charge in [-0.1, -0.05) is 24.3 Å². The van der Waals surface area contributed by atoms with Gasteiger partial charge >= 0.3 is 0 Å². The molecule has 0 spiro atoms. The van der Waals surface area contributed by atoms with Crippen molar-refractivity contribution in [1.29, 1.82) is 0 Å². The lowest BCUT2D eigenvalue weighted by atomic mass is 9.88. The molecule has 0 aliphatic heterocycles. The second-order valence-corrected chi connectivity index (χ2v) is 6.55. The van der Waals surface area contributed by atoms with E-state index < -0.39 is 10.8 Å². The molecule has 3 atom stereocenters. The summed E-state index contributed by atoms with van der Waals surface area (Å²) in [6.07, 6.45) is 8.11. The third-order valence-electron chi connectivity index (χ3n) is 3.62. The number of allylic oxidation sites excluding steroid dienone is 1. The monoisotopic (exact) mass is 276 g/mol. The quantitative estimate of drug-likeness (QED) is 0.610. The molecule has 0 heterocycles. The van der Waals surface area contributed by atoms with E-state index in [1.165, 1.54) is 5.56 Å². The first-order chi connectivity index (χ1) is 9.11. The van der Waals surface area contributed by atoms with Gasteiger partial charge in [0.1, 0.15) is 0 Å². The van der Waals surface area contributed by atoms with E-state index in [0.717, 1.165) is 24.1 Å². The Morgan fingerprint density at radius 3 is 2.63 bits per heavy atom. The van der Waals surface area contributed by atoms with Crippen LogP contribution in [0.25, 0.3) is 0 Å². The number of azo groups is 1. The molecule has 0 N–H and O–H groups in total. The van der Waals surface area contributed by atoms with E-state index in [4.69, 9.17) is 0 Å².